The lowest BCUT2D eigenvalue weighted by Crippen LogP contribution is -2.23. The lowest BCUT2D eigenvalue weighted by Gasteiger charge is -2.24. The predicted molar refractivity (Wildman–Crippen MR) is 65.9 cm³/mol. The van der Waals surface area contributed by atoms with Gasteiger partial charge in [-0.3, -0.25) is 9.82 Å². The molecule has 1 heterocycles. The summed E-state index contributed by atoms with van der Waals surface area (Å²) in [5, 5.41) is 5.43. The van der Waals surface area contributed by atoms with Crippen LogP contribution in [0.3, 0.4) is 0 Å². The van der Waals surface area contributed by atoms with Gasteiger partial charge in [-0.05, 0) is 18.9 Å². The summed E-state index contributed by atoms with van der Waals surface area (Å²) >= 11 is 0. The smallest absolute Gasteiger partial charge is 0.371 e. The van der Waals surface area contributed by atoms with Crippen molar-refractivity contribution >= 4 is 11.7 Å². The standard InChI is InChI=1S/C12H15N3O3/c16-12(18-15-17)10-6-7-13-8-11(10)14-9-4-2-1-3-5-9/h6-9,14H,1-5H2. The van der Waals surface area contributed by atoms with Crippen LogP contribution in [-0.2, 0) is 4.84 Å². The summed E-state index contributed by atoms with van der Waals surface area (Å²) < 4.78 is 0. The second kappa shape index (κ2) is 6.09. The monoisotopic (exact) mass is 249 g/mol. The largest absolute Gasteiger partial charge is 0.380 e. The summed E-state index contributed by atoms with van der Waals surface area (Å²) in [5.41, 5.74) is 0.883. The first-order chi connectivity index (χ1) is 8.81. The maximum absolute atomic E-state index is 11.5. The molecule has 1 N–H and O–H groups in total. The van der Waals surface area contributed by atoms with Crippen LogP contribution in [0.1, 0.15) is 42.5 Å². The topological polar surface area (TPSA) is 80.7 Å². The van der Waals surface area contributed by atoms with Gasteiger partial charge in [-0.25, -0.2) is 4.79 Å². The Morgan fingerprint density at radius 1 is 1.39 bits per heavy atom. The maximum Gasteiger partial charge on any atom is 0.371 e. The lowest BCUT2D eigenvalue weighted by atomic mass is 9.95. The van der Waals surface area contributed by atoms with Gasteiger partial charge >= 0.3 is 5.97 Å². The maximum atomic E-state index is 11.5. The third-order valence-corrected chi connectivity index (χ3v) is 3.13. The Labute approximate surface area is 105 Å². The molecule has 0 aliphatic heterocycles. The van der Waals surface area contributed by atoms with Crippen LogP contribution in [0, 0.1) is 4.91 Å². The summed E-state index contributed by atoms with van der Waals surface area (Å²) in [7, 11) is 0. The number of pyridine rings is 1. The number of hydrogen-bond acceptors (Lipinski definition) is 6. The number of rotatable bonds is 4. The zero-order chi connectivity index (χ0) is 12.8. The molecule has 1 aromatic heterocycles. The molecule has 0 aromatic carbocycles. The first kappa shape index (κ1) is 12.5. The van der Waals surface area contributed by atoms with Gasteiger partial charge < -0.3 is 5.32 Å². The van der Waals surface area contributed by atoms with Crippen LogP contribution in [0.5, 0.6) is 0 Å². The van der Waals surface area contributed by atoms with Gasteiger partial charge in [0.2, 0.25) is 0 Å². The minimum atomic E-state index is -0.759. The van der Waals surface area contributed by atoms with E-state index in [1.54, 1.807) is 6.20 Å². The van der Waals surface area contributed by atoms with E-state index in [2.05, 4.69) is 20.5 Å². The highest BCUT2D eigenvalue weighted by atomic mass is 16.7. The molecule has 0 radical (unpaired) electrons. The molecule has 6 nitrogen and oxygen atoms in total. The zero-order valence-electron chi connectivity index (χ0n) is 9.96. The molecular weight excluding hydrogens is 234 g/mol. The van der Waals surface area contributed by atoms with E-state index in [4.69, 9.17) is 0 Å². The summed E-state index contributed by atoms with van der Waals surface area (Å²) in [6.45, 7) is 0. The molecule has 0 unspecified atom stereocenters. The second-order valence-electron chi connectivity index (χ2n) is 4.35. The molecule has 0 bridgehead atoms. The Balaban J connectivity index is 2.11. The number of hydrogen-bond donors (Lipinski definition) is 1. The molecule has 96 valence electrons. The van der Waals surface area contributed by atoms with Crippen LogP contribution in [-0.4, -0.2) is 17.0 Å². The summed E-state index contributed by atoms with van der Waals surface area (Å²) in [4.78, 5) is 29.6. The van der Waals surface area contributed by atoms with Gasteiger partial charge in [0.25, 0.3) is 0 Å². The van der Waals surface area contributed by atoms with Crippen molar-refractivity contribution in [2.24, 2.45) is 5.34 Å². The Kier molecular flexibility index (Phi) is 4.22. The van der Waals surface area contributed by atoms with Crippen molar-refractivity contribution in [3.8, 4) is 0 Å². The van der Waals surface area contributed by atoms with Crippen LogP contribution in [0.25, 0.3) is 0 Å². The van der Waals surface area contributed by atoms with Gasteiger partial charge in [0.05, 0.1) is 17.4 Å². The molecule has 1 aliphatic carbocycles. The number of carbonyl (C=O) groups excluding carboxylic acids is 1. The van der Waals surface area contributed by atoms with Gasteiger partial charge in [0.1, 0.15) is 0 Å². The Morgan fingerprint density at radius 3 is 2.89 bits per heavy atom. The van der Waals surface area contributed by atoms with Crippen LogP contribution in [0.4, 0.5) is 5.69 Å². The zero-order valence-corrected chi connectivity index (χ0v) is 9.96. The second-order valence-corrected chi connectivity index (χ2v) is 4.35. The van der Waals surface area contributed by atoms with Crippen molar-refractivity contribution in [1.82, 2.24) is 4.98 Å². The van der Waals surface area contributed by atoms with Gasteiger partial charge in [-0.15, -0.1) is 4.91 Å². The molecular formula is C12H15N3O3. The SMILES string of the molecule is O=NOC(=O)c1ccncc1NC1CCCCC1. The average Bonchev–Trinajstić information content (AvgIpc) is 2.41. The molecule has 1 fully saturated rings. The normalized spacial score (nSPS) is 16.0. The highest BCUT2D eigenvalue weighted by molar-refractivity contribution is 5.95. The Morgan fingerprint density at radius 2 is 2.17 bits per heavy atom. The van der Waals surface area contributed by atoms with Gasteiger partial charge in [0.15, 0.2) is 5.34 Å². The van der Waals surface area contributed by atoms with E-state index in [0.29, 0.717) is 11.7 Å². The fourth-order valence-corrected chi connectivity index (χ4v) is 2.24. The van der Waals surface area contributed by atoms with Crippen molar-refractivity contribution in [2.45, 2.75) is 38.1 Å². The minimum absolute atomic E-state index is 0.287. The van der Waals surface area contributed by atoms with E-state index >= 15 is 0 Å². The molecule has 2 rings (SSSR count). The van der Waals surface area contributed by atoms with Crippen LogP contribution in [0.15, 0.2) is 23.8 Å². The van der Waals surface area contributed by atoms with Crippen LogP contribution in [0.2, 0.25) is 0 Å². The molecule has 18 heavy (non-hydrogen) atoms. The van der Waals surface area contributed by atoms with Crippen molar-refractivity contribution in [3.63, 3.8) is 0 Å². The number of anilines is 1. The van der Waals surface area contributed by atoms with Crippen molar-refractivity contribution < 1.29 is 9.63 Å². The lowest BCUT2D eigenvalue weighted by molar-refractivity contribution is 0.0509. The number of carbonyl (C=O) groups is 1. The highest BCUT2D eigenvalue weighted by Gasteiger charge is 2.18. The van der Waals surface area contributed by atoms with Gasteiger partial charge in [-0.2, -0.15) is 0 Å². The van der Waals surface area contributed by atoms with Crippen molar-refractivity contribution in [1.29, 1.82) is 0 Å². The number of nitrogens with zero attached hydrogens (tertiary/aromatic N) is 2. The molecule has 0 spiro atoms. The van der Waals surface area contributed by atoms with E-state index in [1.165, 1.54) is 31.5 Å². The van der Waals surface area contributed by atoms with E-state index < -0.39 is 5.97 Å². The van der Waals surface area contributed by atoms with E-state index in [1.807, 2.05) is 0 Å². The molecule has 1 saturated carbocycles. The van der Waals surface area contributed by atoms with E-state index in [-0.39, 0.29) is 5.56 Å². The van der Waals surface area contributed by atoms with Gasteiger partial charge in [0, 0.05) is 12.2 Å². The Hall–Kier alpha value is -1.98. The molecule has 0 atom stereocenters. The molecule has 1 aromatic rings. The van der Waals surface area contributed by atoms with E-state index in [0.717, 1.165) is 12.8 Å². The fraction of sp³-hybridized carbons (Fsp3) is 0.500. The Bertz CT molecular complexity index is 430. The summed E-state index contributed by atoms with van der Waals surface area (Å²) in [5.74, 6) is -0.759. The average molecular weight is 249 g/mol. The minimum Gasteiger partial charge on any atom is -0.380 e. The fourth-order valence-electron chi connectivity index (χ4n) is 2.24. The highest BCUT2D eigenvalue weighted by Crippen LogP contribution is 2.23. The third-order valence-electron chi connectivity index (χ3n) is 3.13. The first-order valence-electron chi connectivity index (χ1n) is 6.06. The van der Waals surface area contributed by atoms with Crippen molar-refractivity contribution in [3.05, 3.63) is 28.9 Å². The number of nitrogens with one attached hydrogen (secondary N) is 1. The molecule has 0 saturated heterocycles. The predicted octanol–water partition coefficient (Wildman–Crippen LogP) is 2.66. The van der Waals surface area contributed by atoms with Crippen LogP contribution >= 0.6 is 0 Å². The van der Waals surface area contributed by atoms with Crippen LogP contribution < -0.4 is 5.32 Å². The molecule has 6 heteroatoms. The summed E-state index contributed by atoms with van der Waals surface area (Å²) in [6.07, 6.45) is 8.84. The summed E-state index contributed by atoms with van der Waals surface area (Å²) in [6, 6.07) is 1.86. The number of aromatic nitrogens is 1. The molecule has 0 amide bonds. The molecule has 1 aliphatic rings. The van der Waals surface area contributed by atoms with E-state index in [9.17, 15) is 9.70 Å². The quantitative estimate of drug-likeness (QED) is 0.655. The first-order valence-corrected chi connectivity index (χ1v) is 6.06. The third kappa shape index (κ3) is 3.03. The van der Waals surface area contributed by atoms with Gasteiger partial charge in [-0.1, -0.05) is 19.3 Å². The van der Waals surface area contributed by atoms with Crippen molar-refractivity contribution in [2.75, 3.05) is 5.32 Å².